The van der Waals surface area contributed by atoms with E-state index in [9.17, 15) is 9.90 Å². The molecule has 0 aromatic rings. The summed E-state index contributed by atoms with van der Waals surface area (Å²) >= 11 is 0. The van der Waals surface area contributed by atoms with E-state index in [-0.39, 0.29) is 24.1 Å². The van der Waals surface area contributed by atoms with Crippen LogP contribution in [0, 0.1) is 5.92 Å². The van der Waals surface area contributed by atoms with Crippen molar-refractivity contribution < 1.29 is 9.90 Å². The average molecular weight is 200 g/mol. The molecule has 0 bridgehead atoms. The molecule has 3 unspecified atom stereocenters. The van der Waals surface area contributed by atoms with Crippen LogP contribution in [0.2, 0.25) is 0 Å². The second kappa shape index (κ2) is 4.75. The largest absolute Gasteiger partial charge is 0.392 e. The Labute approximate surface area is 85.1 Å². The van der Waals surface area contributed by atoms with E-state index in [1.807, 2.05) is 6.92 Å². The molecular formula is C10H20N2O2. The topological polar surface area (TPSA) is 61.4 Å². The van der Waals surface area contributed by atoms with E-state index in [1.54, 1.807) is 0 Å². The molecule has 82 valence electrons. The molecule has 0 aromatic carbocycles. The highest BCUT2D eigenvalue weighted by molar-refractivity contribution is 5.82. The van der Waals surface area contributed by atoms with Gasteiger partial charge in [0.1, 0.15) is 0 Å². The number of rotatable bonds is 3. The maximum absolute atomic E-state index is 11.6. The normalized spacial score (nSPS) is 29.2. The van der Waals surface area contributed by atoms with Gasteiger partial charge in [-0.3, -0.25) is 4.79 Å². The van der Waals surface area contributed by atoms with Gasteiger partial charge in [0, 0.05) is 12.6 Å². The first-order valence-electron chi connectivity index (χ1n) is 5.22. The molecular weight excluding hydrogens is 180 g/mol. The van der Waals surface area contributed by atoms with Crippen molar-refractivity contribution in [2.75, 3.05) is 6.54 Å². The maximum atomic E-state index is 11.6. The van der Waals surface area contributed by atoms with Crippen LogP contribution in [0.15, 0.2) is 0 Å². The summed E-state index contributed by atoms with van der Waals surface area (Å²) in [6.07, 6.45) is 0.150. The lowest BCUT2D eigenvalue weighted by atomic mass is 10.1. The van der Waals surface area contributed by atoms with Crippen molar-refractivity contribution in [2.24, 2.45) is 5.92 Å². The van der Waals surface area contributed by atoms with Crippen molar-refractivity contribution in [3.63, 3.8) is 0 Å². The van der Waals surface area contributed by atoms with Gasteiger partial charge in [0.2, 0.25) is 5.91 Å². The van der Waals surface area contributed by atoms with Gasteiger partial charge in [-0.2, -0.15) is 0 Å². The van der Waals surface area contributed by atoms with E-state index in [0.29, 0.717) is 18.9 Å². The van der Waals surface area contributed by atoms with Gasteiger partial charge in [-0.1, -0.05) is 13.8 Å². The van der Waals surface area contributed by atoms with E-state index in [1.165, 1.54) is 0 Å². The van der Waals surface area contributed by atoms with Crippen molar-refractivity contribution in [3.8, 4) is 0 Å². The number of carbonyl (C=O) groups excluding carboxylic acids is 1. The molecule has 4 nitrogen and oxygen atoms in total. The molecule has 0 aliphatic carbocycles. The van der Waals surface area contributed by atoms with Gasteiger partial charge >= 0.3 is 0 Å². The fourth-order valence-electron chi connectivity index (χ4n) is 1.41. The number of amides is 1. The summed E-state index contributed by atoms with van der Waals surface area (Å²) in [5.74, 6) is 0.438. The zero-order valence-electron chi connectivity index (χ0n) is 9.08. The van der Waals surface area contributed by atoms with Crippen molar-refractivity contribution in [1.29, 1.82) is 0 Å². The Morgan fingerprint density at radius 3 is 2.57 bits per heavy atom. The lowest BCUT2D eigenvalue weighted by molar-refractivity contribution is -0.123. The van der Waals surface area contributed by atoms with Gasteiger partial charge in [-0.25, -0.2) is 0 Å². The van der Waals surface area contributed by atoms with Gasteiger partial charge in [-0.05, 0) is 19.3 Å². The number of aliphatic hydroxyl groups excluding tert-OH is 1. The van der Waals surface area contributed by atoms with Gasteiger partial charge in [0.15, 0.2) is 0 Å². The van der Waals surface area contributed by atoms with Crippen molar-refractivity contribution in [1.82, 2.24) is 10.6 Å². The van der Waals surface area contributed by atoms with Crippen LogP contribution >= 0.6 is 0 Å². The van der Waals surface area contributed by atoms with Crippen molar-refractivity contribution in [2.45, 2.75) is 45.4 Å². The summed E-state index contributed by atoms with van der Waals surface area (Å²) in [5, 5.41) is 15.2. The highest BCUT2D eigenvalue weighted by atomic mass is 16.3. The maximum Gasteiger partial charge on any atom is 0.237 e. The van der Waals surface area contributed by atoms with E-state index in [4.69, 9.17) is 0 Å². The van der Waals surface area contributed by atoms with Gasteiger partial charge in [-0.15, -0.1) is 0 Å². The third kappa shape index (κ3) is 2.96. The van der Waals surface area contributed by atoms with E-state index >= 15 is 0 Å². The standard InChI is InChI=1S/C10H20N2O2/c1-6(2)7(3)12-10(14)9-4-8(13)5-11-9/h6-9,11,13H,4-5H2,1-3H3,(H,12,14). The molecule has 1 heterocycles. The van der Waals surface area contributed by atoms with E-state index in [0.717, 1.165) is 0 Å². The molecule has 4 heteroatoms. The van der Waals surface area contributed by atoms with Crippen LogP contribution in [0.25, 0.3) is 0 Å². The highest BCUT2D eigenvalue weighted by Gasteiger charge is 2.28. The van der Waals surface area contributed by atoms with Gasteiger partial charge in [0.25, 0.3) is 0 Å². The highest BCUT2D eigenvalue weighted by Crippen LogP contribution is 2.07. The summed E-state index contributed by atoms with van der Waals surface area (Å²) in [5.41, 5.74) is 0. The molecule has 0 aromatic heterocycles. The summed E-state index contributed by atoms with van der Waals surface area (Å²) < 4.78 is 0. The minimum absolute atomic E-state index is 0.00255. The van der Waals surface area contributed by atoms with Gasteiger partial charge in [0.05, 0.1) is 12.1 Å². The quantitative estimate of drug-likeness (QED) is 0.595. The molecule has 3 N–H and O–H groups in total. The molecule has 1 aliphatic rings. The van der Waals surface area contributed by atoms with E-state index < -0.39 is 0 Å². The Kier molecular flexibility index (Phi) is 3.89. The van der Waals surface area contributed by atoms with Crippen LogP contribution in [-0.2, 0) is 4.79 Å². The van der Waals surface area contributed by atoms with Crippen molar-refractivity contribution in [3.05, 3.63) is 0 Å². The number of hydrogen-bond acceptors (Lipinski definition) is 3. The Balaban J connectivity index is 2.35. The summed E-state index contributed by atoms with van der Waals surface area (Å²) in [7, 11) is 0. The molecule has 14 heavy (non-hydrogen) atoms. The molecule has 0 radical (unpaired) electrons. The number of aliphatic hydroxyl groups is 1. The number of β-amino-alcohol motifs (C(OH)–C–C–N with tert-alkyl or cyclic N) is 1. The second-order valence-electron chi connectivity index (χ2n) is 4.39. The van der Waals surface area contributed by atoms with Crippen LogP contribution in [0.3, 0.4) is 0 Å². The minimum Gasteiger partial charge on any atom is -0.392 e. The number of hydrogen-bond donors (Lipinski definition) is 3. The Hall–Kier alpha value is -0.610. The van der Waals surface area contributed by atoms with Crippen molar-refractivity contribution >= 4 is 5.91 Å². The number of nitrogens with one attached hydrogen (secondary N) is 2. The molecule has 0 spiro atoms. The van der Waals surface area contributed by atoms with E-state index in [2.05, 4.69) is 24.5 Å². The van der Waals surface area contributed by atoms with Crippen LogP contribution in [0.4, 0.5) is 0 Å². The summed E-state index contributed by atoms with van der Waals surface area (Å²) in [6.45, 7) is 6.66. The first-order chi connectivity index (χ1) is 6.50. The fourth-order valence-corrected chi connectivity index (χ4v) is 1.41. The average Bonchev–Trinajstić information content (AvgIpc) is 2.51. The third-order valence-corrected chi connectivity index (χ3v) is 2.79. The lowest BCUT2D eigenvalue weighted by Gasteiger charge is -2.19. The minimum atomic E-state index is -0.375. The van der Waals surface area contributed by atoms with Crippen LogP contribution < -0.4 is 10.6 Å². The number of carbonyl (C=O) groups is 1. The first-order valence-corrected chi connectivity index (χ1v) is 5.22. The lowest BCUT2D eigenvalue weighted by Crippen LogP contribution is -2.45. The Morgan fingerprint density at radius 1 is 1.50 bits per heavy atom. The Bertz CT molecular complexity index is 206. The molecule has 3 atom stereocenters. The summed E-state index contributed by atoms with van der Waals surface area (Å²) in [4.78, 5) is 11.6. The molecule has 0 saturated carbocycles. The predicted molar refractivity (Wildman–Crippen MR) is 54.9 cm³/mol. The molecule has 1 fully saturated rings. The summed E-state index contributed by atoms with van der Waals surface area (Å²) in [6, 6.07) is -0.0340. The van der Waals surface area contributed by atoms with Crippen LogP contribution in [0.1, 0.15) is 27.2 Å². The zero-order chi connectivity index (χ0) is 10.7. The Morgan fingerprint density at radius 2 is 2.14 bits per heavy atom. The predicted octanol–water partition coefficient (Wildman–Crippen LogP) is -0.130. The first kappa shape index (κ1) is 11.5. The van der Waals surface area contributed by atoms with Crippen LogP contribution in [-0.4, -0.2) is 35.7 Å². The second-order valence-corrected chi connectivity index (χ2v) is 4.39. The fraction of sp³-hybridized carbons (Fsp3) is 0.900. The third-order valence-electron chi connectivity index (χ3n) is 2.79. The van der Waals surface area contributed by atoms with Gasteiger partial charge < -0.3 is 15.7 Å². The molecule has 1 amide bonds. The molecule has 1 aliphatic heterocycles. The smallest absolute Gasteiger partial charge is 0.237 e. The molecule has 1 saturated heterocycles. The SMILES string of the molecule is CC(C)C(C)NC(=O)C1CC(O)CN1. The monoisotopic (exact) mass is 200 g/mol. The van der Waals surface area contributed by atoms with Crippen LogP contribution in [0.5, 0.6) is 0 Å². The molecule has 1 rings (SSSR count). The zero-order valence-corrected chi connectivity index (χ0v) is 9.08.